The zero-order valence-electron chi connectivity index (χ0n) is 8.06. The maximum absolute atomic E-state index is 6.06. The van der Waals surface area contributed by atoms with Crippen LogP contribution in [0.25, 0.3) is 0 Å². The Labute approximate surface area is 83.4 Å². The van der Waals surface area contributed by atoms with Crippen molar-refractivity contribution in [2.75, 3.05) is 0 Å². The van der Waals surface area contributed by atoms with Gasteiger partial charge in [0, 0.05) is 11.1 Å². The van der Waals surface area contributed by atoms with Crippen molar-refractivity contribution >= 4 is 23.0 Å². The molecule has 2 heteroatoms. The average Bonchev–Trinajstić information content (AvgIpc) is 2.28. The summed E-state index contributed by atoms with van der Waals surface area (Å²) >= 11 is 6.06. The minimum Gasteiger partial charge on any atom is -0.255 e. The lowest BCUT2D eigenvalue weighted by Crippen LogP contribution is -2.22. The van der Waals surface area contributed by atoms with Crippen LogP contribution in [0.2, 0.25) is 5.02 Å². The molecule has 0 N–H and O–H groups in total. The number of aliphatic imine (C=N–C) groups is 1. The van der Waals surface area contributed by atoms with E-state index in [2.05, 4.69) is 31.8 Å². The standard InChI is InChI=1S/C11H12ClN/c1-7-11(2,3)8-5-4-6-9(12)10(8)13-7/h4-6H,1-3H3. The number of rotatable bonds is 0. The first-order chi connectivity index (χ1) is 6.03. The quantitative estimate of drug-likeness (QED) is 0.596. The van der Waals surface area contributed by atoms with E-state index in [0.29, 0.717) is 0 Å². The first-order valence-corrected chi connectivity index (χ1v) is 4.76. The molecule has 0 atom stereocenters. The number of hydrogen-bond acceptors (Lipinski definition) is 1. The Bertz CT molecular complexity index is 391. The molecule has 1 aromatic carbocycles. The Morgan fingerprint density at radius 1 is 1.31 bits per heavy atom. The molecule has 0 saturated carbocycles. The van der Waals surface area contributed by atoms with Gasteiger partial charge in [-0.1, -0.05) is 37.6 Å². The van der Waals surface area contributed by atoms with Crippen molar-refractivity contribution in [3.63, 3.8) is 0 Å². The third-order valence-corrected chi connectivity index (χ3v) is 3.15. The SMILES string of the molecule is CC1=Nc2c(Cl)cccc2C1(C)C. The van der Waals surface area contributed by atoms with Gasteiger partial charge >= 0.3 is 0 Å². The van der Waals surface area contributed by atoms with Crippen LogP contribution >= 0.6 is 11.6 Å². The number of fused-ring (bicyclic) bond motifs is 1. The fourth-order valence-electron chi connectivity index (χ4n) is 1.64. The van der Waals surface area contributed by atoms with Crippen LogP contribution in [0.3, 0.4) is 0 Å². The number of benzene rings is 1. The van der Waals surface area contributed by atoms with E-state index < -0.39 is 0 Å². The maximum Gasteiger partial charge on any atom is 0.0856 e. The summed E-state index contributed by atoms with van der Waals surface area (Å²) in [7, 11) is 0. The highest BCUT2D eigenvalue weighted by molar-refractivity contribution is 6.33. The maximum atomic E-state index is 6.06. The van der Waals surface area contributed by atoms with E-state index in [1.807, 2.05) is 12.1 Å². The first-order valence-electron chi connectivity index (χ1n) is 4.38. The predicted octanol–water partition coefficient (Wildman–Crippen LogP) is 3.72. The van der Waals surface area contributed by atoms with E-state index in [-0.39, 0.29) is 5.41 Å². The van der Waals surface area contributed by atoms with Gasteiger partial charge in [-0.05, 0) is 18.6 Å². The summed E-state index contributed by atoms with van der Waals surface area (Å²) in [6, 6.07) is 5.97. The molecule has 0 unspecified atom stereocenters. The molecule has 1 aromatic rings. The minimum absolute atomic E-state index is 0.0419. The number of hydrogen-bond donors (Lipinski definition) is 0. The Morgan fingerprint density at radius 2 is 2.00 bits per heavy atom. The van der Waals surface area contributed by atoms with E-state index >= 15 is 0 Å². The van der Waals surface area contributed by atoms with Crippen molar-refractivity contribution in [2.24, 2.45) is 4.99 Å². The Kier molecular flexibility index (Phi) is 1.74. The lowest BCUT2D eigenvalue weighted by molar-refractivity contribution is 0.733. The molecule has 0 bridgehead atoms. The van der Waals surface area contributed by atoms with Crippen LogP contribution in [0.15, 0.2) is 23.2 Å². The minimum atomic E-state index is 0.0419. The summed E-state index contributed by atoms with van der Waals surface area (Å²) in [5, 5.41) is 0.752. The summed E-state index contributed by atoms with van der Waals surface area (Å²) < 4.78 is 0. The second kappa shape index (κ2) is 2.58. The van der Waals surface area contributed by atoms with E-state index in [1.54, 1.807) is 0 Å². The van der Waals surface area contributed by atoms with Gasteiger partial charge in [0.15, 0.2) is 0 Å². The van der Waals surface area contributed by atoms with Crippen LogP contribution in [0.1, 0.15) is 26.3 Å². The molecule has 13 heavy (non-hydrogen) atoms. The van der Waals surface area contributed by atoms with Crippen molar-refractivity contribution < 1.29 is 0 Å². The van der Waals surface area contributed by atoms with Gasteiger partial charge in [0.05, 0.1) is 10.7 Å². The molecule has 0 spiro atoms. The summed E-state index contributed by atoms with van der Waals surface area (Å²) in [5.74, 6) is 0. The van der Waals surface area contributed by atoms with Gasteiger partial charge < -0.3 is 0 Å². The molecule has 0 amide bonds. The van der Waals surface area contributed by atoms with Crippen molar-refractivity contribution in [1.82, 2.24) is 0 Å². The van der Waals surface area contributed by atoms with Gasteiger partial charge in [0.25, 0.3) is 0 Å². The number of para-hydroxylation sites is 1. The van der Waals surface area contributed by atoms with E-state index in [1.165, 1.54) is 5.56 Å². The molecule has 0 aromatic heterocycles. The lowest BCUT2D eigenvalue weighted by atomic mass is 9.82. The molecule has 0 radical (unpaired) electrons. The topological polar surface area (TPSA) is 12.4 Å². The summed E-state index contributed by atoms with van der Waals surface area (Å²) in [4.78, 5) is 4.49. The van der Waals surface area contributed by atoms with Gasteiger partial charge in [0.2, 0.25) is 0 Å². The first kappa shape index (κ1) is 8.76. The molecule has 1 aliphatic heterocycles. The second-order valence-electron chi connectivity index (χ2n) is 3.96. The molecular formula is C11H12ClN. The highest BCUT2D eigenvalue weighted by Crippen LogP contribution is 2.43. The second-order valence-corrected chi connectivity index (χ2v) is 4.37. The highest BCUT2D eigenvalue weighted by Gasteiger charge is 2.32. The van der Waals surface area contributed by atoms with Gasteiger partial charge in [-0.15, -0.1) is 0 Å². The zero-order valence-corrected chi connectivity index (χ0v) is 8.81. The summed E-state index contributed by atoms with van der Waals surface area (Å²) in [6.07, 6.45) is 0. The molecule has 2 rings (SSSR count). The molecule has 1 heterocycles. The number of halogens is 1. The van der Waals surface area contributed by atoms with E-state index in [0.717, 1.165) is 16.4 Å². The normalized spacial score (nSPS) is 18.3. The Hall–Kier alpha value is -0.820. The van der Waals surface area contributed by atoms with Crippen LogP contribution in [0.5, 0.6) is 0 Å². The smallest absolute Gasteiger partial charge is 0.0856 e. The molecule has 0 saturated heterocycles. The number of nitrogens with zero attached hydrogens (tertiary/aromatic N) is 1. The van der Waals surface area contributed by atoms with Crippen LogP contribution < -0.4 is 0 Å². The fourth-order valence-corrected chi connectivity index (χ4v) is 1.85. The molecule has 0 aliphatic carbocycles. The largest absolute Gasteiger partial charge is 0.255 e. The monoisotopic (exact) mass is 193 g/mol. The van der Waals surface area contributed by atoms with Crippen LogP contribution in [0, 0.1) is 0 Å². The third kappa shape index (κ3) is 1.11. The van der Waals surface area contributed by atoms with Gasteiger partial charge in [-0.3, -0.25) is 4.99 Å². The van der Waals surface area contributed by atoms with E-state index in [4.69, 9.17) is 11.6 Å². The Morgan fingerprint density at radius 3 is 2.62 bits per heavy atom. The lowest BCUT2D eigenvalue weighted by Gasteiger charge is -2.19. The fraction of sp³-hybridized carbons (Fsp3) is 0.364. The Balaban J connectivity index is 2.71. The van der Waals surface area contributed by atoms with Crippen molar-refractivity contribution in [3.05, 3.63) is 28.8 Å². The zero-order chi connectivity index (χ0) is 9.64. The third-order valence-electron chi connectivity index (χ3n) is 2.84. The summed E-state index contributed by atoms with van der Waals surface area (Å²) in [6.45, 7) is 6.40. The molecule has 0 fully saturated rings. The summed E-state index contributed by atoms with van der Waals surface area (Å²) in [5.41, 5.74) is 3.36. The van der Waals surface area contributed by atoms with Crippen molar-refractivity contribution in [2.45, 2.75) is 26.2 Å². The molecular weight excluding hydrogens is 182 g/mol. The van der Waals surface area contributed by atoms with Crippen LogP contribution in [-0.4, -0.2) is 5.71 Å². The van der Waals surface area contributed by atoms with Crippen molar-refractivity contribution in [1.29, 1.82) is 0 Å². The predicted molar refractivity (Wildman–Crippen MR) is 57.2 cm³/mol. The molecule has 1 nitrogen and oxygen atoms in total. The van der Waals surface area contributed by atoms with E-state index in [9.17, 15) is 0 Å². The average molecular weight is 194 g/mol. The highest BCUT2D eigenvalue weighted by atomic mass is 35.5. The van der Waals surface area contributed by atoms with Crippen LogP contribution in [0.4, 0.5) is 5.69 Å². The molecule has 1 aliphatic rings. The molecule has 68 valence electrons. The van der Waals surface area contributed by atoms with Gasteiger partial charge in [-0.2, -0.15) is 0 Å². The van der Waals surface area contributed by atoms with Gasteiger partial charge in [0.1, 0.15) is 0 Å². The van der Waals surface area contributed by atoms with Gasteiger partial charge in [-0.25, -0.2) is 0 Å². The van der Waals surface area contributed by atoms with Crippen LogP contribution in [-0.2, 0) is 5.41 Å². The van der Waals surface area contributed by atoms with Crippen molar-refractivity contribution in [3.8, 4) is 0 Å².